The lowest BCUT2D eigenvalue weighted by Crippen LogP contribution is -2.07. The van der Waals surface area contributed by atoms with Crippen LogP contribution in [0.4, 0.5) is 0 Å². The number of aryl methyl sites for hydroxylation is 1. The summed E-state index contributed by atoms with van der Waals surface area (Å²) in [4.78, 5) is 20.3. The van der Waals surface area contributed by atoms with Crippen molar-refractivity contribution in [2.45, 2.75) is 19.8 Å². The molecule has 0 saturated heterocycles. The first-order chi connectivity index (χ1) is 8.70. The van der Waals surface area contributed by atoms with Crippen LogP contribution in [0.5, 0.6) is 0 Å². The van der Waals surface area contributed by atoms with Crippen molar-refractivity contribution in [2.75, 3.05) is 0 Å². The van der Waals surface area contributed by atoms with E-state index in [9.17, 15) is 4.79 Å². The van der Waals surface area contributed by atoms with Gasteiger partial charge in [0, 0.05) is 41.2 Å². The quantitative estimate of drug-likeness (QED) is 0.815. The normalized spacial score (nSPS) is 10.3. The number of halogens is 1. The molecule has 2 aromatic rings. The molecule has 0 unspecified atom stereocenters. The van der Waals surface area contributed by atoms with Gasteiger partial charge in [0.05, 0.1) is 0 Å². The maximum atomic E-state index is 12.2. The zero-order chi connectivity index (χ0) is 13.0. The van der Waals surface area contributed by atoms with E-state index >= 15 is 0 Å². The molecule has 0 atom stereocenters. The Morgan fingerprint density at radius 3 is 2.83 bits per heavy atom. The molecule has 2 heterocycles. The van der Waals surface area contributed by atoms with E-state index in [4.69, 9.17) is 0 Å². The first-order valence-corrected chi connectivity index (χ1v) is 6.55. The van der Waals surface area contributed by atoms with Crippen molar-refractivity contribution < 1.29 is 4.79 Å². The van der Waals surface area contributed by atoms with Gasteiger partial charge in [-0.2, -0.15) is 0 Å². The number of carbonyl (C=O) groups is 1. The summed E-state index contributed by atoms with van der Waals surface area (Å²) in [5.74, 6) is 0.106. The van der Waals surface area contributed by atoms with Gasteiger partial charge in [-0.15, -0.1) is 0 Å². The number of hydrogen-bond donors (Lipinski definition) is 0. The van der Waals surface area contributed by atoms with E-state index in [0.717, 1.165) is 27.6 Å². The van der Waals surface area contributed by atoms with Crippen molar-refractivity contribution >= 4 is 21.7 Å². The van der Waals surface area contributed by atoms with Gasteiger partial charge in [0.1, 0.15) is 0 Å². The molecule has 0 N–H and O–H groups in total. The highest BCUT2D eigenvalue weighted by Crippen LogP contribution is 2.14. The molecule has 0 aliphatic rings. The van der Waals surface area contributed by atoms with E-state index in [2.05, 4.69) is 25.9 Å². The molecule has 0 amide bonds. The van der Waals surface area contributed by atoms with Crippen LogP contribution >= 0.6 is 15.9 Å². The second-order valence-electron chi connectivity index (χ2n) is 4.00. The number of hydrogen-bond acceptors (Lipinski definition) is 3. The van der Waals surface area contributed by atoms with Crippen LogP contribution in [0.1, 0.15) is 28.4 Å². The Labute approximate surface area is 114 Å². The topological polar surface area (TPSA) is 42.9 Å². The lowest BCUT2D eigenvalue weighted by molar-refractivity contribution is 0.0992. The minimum atomic E-state index is 0.106. The number of Topliss-reactive ketones (excluding diaryl/α,β-unsaturated/α-hetero) is 1. The summed E-state index contributed by atoms with van der Waals surface area (Å²) in [5.41, 5.74) is 2.66. The van der Waals surface area contributed by atoms with Gasteiger partial charge >= 0.3 is 0 Å². The molecule has 0 spiro atoms. The van der Waals surface area contributed by atoms with Gasteiger partial charge in [0.15, 0.2) is 5.78 Å². The summed E-state index contributed by atoms with van der Waals surface area (Å²) in [6, 6.07) is 3.70. The summed E-state index contributed by atoms with van der Waals surface area (Å²) in [6.07, 6.45) is 8.01. The van der Waals surface area contributed by atoms with Crippen LogP contribution in [0, 0.1) is 0 Å². The molecular weight excluding hydrogens is 292 g/mol. The van der Waals surface area contributed by atoms with E-state index in [1.165, 1.54) is 0 Å². The summed E-state index contributed by atoms with van der Waals surface area (Å²) >= 11 is 3.35. The molecule has 0 aliphatic heterocycles. The third-order valence-corrected chi connectivity index (χ3v) is 3.14. The molecule has 2 rings (SSSR count). The maximum Gasteiger partial charge on any atom is 0.167 e. The lowest BCUT2D eigenvalue weighted by atomic mass is 10.00. The molecule has 0 fully saturated rings. The van der Waals surface area contributed by atoms with E-state index < -0.39 is 0 Å². The standard InChI is InChI=1S/C14H13BrN2O/c1-2-11-8-16-4-3-13(11)14(18)6-10-5-12(15)9-17-7-10/h3-5,7-9H,2,6H2,1H3. The van der Waals surface area contributed by atoms with Crippen molar-refractivity contribution in [3.63, 3.8) is 0 Å². The number of pyridine rings is 2. The third kappa shape index (κ3) is 3.01. The Kier molecular flexibility index (Phi) is 4.20. The van der Waals surface area contributed by atoms with Crippen LogP contribution in [0.2, 0.25) is 0 Å². The second kappa shape index (κ2) is 5.87. The average Bonchev–Trinajstić information content (AvgIpc) is 2.38. The highest BCUT2D eigenvalue weighted by molar-refractivity contribution is 9.10. The van der Waals surface area contributed by atoms with Gasteiger partial charge in [-0.3, -0.25) is 14.8 Å². The second-order valence-corrected chi connectivity index (χ2v) is 4.91. The minimum Gasteiger partial charge on any atom is -0.294 e. The fraction of sp³-hybridized carbons (Fsp3) is 0.214. The van der Waals surface area contributed by atoms with Crippen molar-refractivity contribution in [1.29, 1.82) is 0 Å². The Bertz CT molecular complexity index is 569. The molecule has 3 nitrogen and oxygen atoms in total. The van der Waals surface area contributed by atoms with Crippen LogP contribution in [-0.4, -0.2) is 15.8 Å². The molecule has 92 valence electrons. The number of nitrogens with zero attached hydrogens (tertiary/aromatic N) is 2. The number of carbonyl (C=O) groups excluding carboxylic acids is 1. The van der Waals surface area contributed by atoms with Gasteiger partial charge in [0.2, 0.25) is 0 Å². The molecule has 0 saturated carbocycles. The molecule has 4 heteroatoms. The van der Waals surface area contributed by atoms with Gasteiger partial charge in [-0.25, -0.2) is 0 Å². The van der Waals surface area contributed by atoms with Gasteiger partial charge in [-0.05, 0) is 45.6 Å². The zero-order valence-electron chi connectivity index (χ0n) is 10.1. The Hall–Kier alpha value is -1.55. The Balaban J connectivity index is 2.22. The number of rotatable bonds is 4. The van der Waals surface area contributed by atoms with E-state index in [1.807, 2.05) is 13.0 Å². The van der Waals surface area contributed by atoms with Crippen LogP contribution in [0.15, 0.2) is 41.4 Å². The van der Waals surface area contributed by atoms with E-state index in [-0.39, 0.29) is 5.78 Å². The maximum absolute atomic E-state index is 12.2. The summed E-state index contributed by atoms with van der Waals surface area (Å²) in [5, 5.41) is 0. The SMILES string of the molecule is CCc1cnccc1C(=O)Cc1cncc(Br)c1. The average molecular weight is 305 g/mol. The van der Waals surface area contributed by atoms with Crippen LogP contribution in [0.3, 0.4) is 0 Å². The van der Waals surface area contributed by atoms with Crippen LogP contribution in [0.25, 0.3) is 0 Å². The fourth-order valence-corrected chi connectivity index (χ4v) is 2.23. The number of aromatic nitrogens is 2. The molecule has 2 aromatic heterocycles. The first-order valence-electron chi connectivity index (χ1n) is 5.76. The largest absolute Gasteiger partial charge is 0.294 e. The van der Waals surface area contributed by atoms with Crippen molar-refractivity contribution in [1.82, 2.24) is 9.97 Å². The van der Waals surface area contributed by atoms with Gasteiger partial charge in [0.25, 0.3) is 0 Å². The fourth-order valence-electron chi connectivity index (χ4n) is 1.81. The van der Waals surface area contributed by atoms with Crippen molar-refractivity contribution in [3.05, 3.63) is 58.1 Å². The molecule has 0 radical (unpaired) electrons. The number of ketones is 1. The first kappa shape index (κ1) is 12.9. The molecule has 0 bridgehead atoms. The summed E-state index contributed by atoms with van der Waals surface area (Å²) in [6.45, 7) is 2.02. The van der Waals surface area contributed by atoms with Crippen molar-refractivity contribution in [2.24, 2.45) is 0 Å². The van der Waals surface area contributed by atoms with Gasteiger partial charge in [-0.1, -0.05) is 6.92 Å². The minimum absolute atomic E-state index is 0.106. The smallest absolute Gasteiger partial charge is 0.167 e. The summed E-state index contributed by atoms with van der Waals surface area (Å²) < 4.78 is 0.887. The zero-order valence-corrected chi connectivity index (χ0v) is 11.6. The highest BCUT2D eigenvalue weighted by Gasteiger charge is 2.11. The predicted molar refractivity (Wildman–Crippen MR) is 73.6 cm³/mol. The van der Waals surface area contributed by atoms with Crippen LogP contribution < -0.4 is 0 Å². The Morgan fingerprint density at radius 1 is 1.28 bits per heavy atom. The highest BCUT2D eigenvalue weighted by atomic mass is 79.9. The molecule has 18 heavy (non-hydrogen) atoms. The van der Waals surface area contributed by atoms with Gasteiger partial charge < -0.3 is 0 Å². The molecular formula is C14H13BrN2O. The lowest BCUT2D eigenvalue weighted by Gasteiger charge is -2.06. The van der Waals surface area contributed by atoms with Crippen LogP contribution in [-0.2, 0) is 12.8 Å². The molecule has 0 aliphatic carbocycles. The molecule has 0 aromatic carbocycles. The van der Waals surface area contributed by atoms with E-state index in [1.54, 1.807) is 30.9 Å². The Morgan fingerprint density at radius 2 is 2.11 bits per heavy atom. The summed E-state index contributed by atoms with van der Waals surface area (Å²) in [7, 11) is 0. The predicted octanol–water partition coefficient (Wildman–Crippen LogP) is 3.23. The van der Waals surface area contributed by atoms with Crippen molar-refractivity contribution in [3.8, 4) is 0 Å². The monoisotopic (exact) mass is 304 g/mol. The van der Waals surface area contributed by atoms with E-state index in [0.29, 0.717) is 6.42 Å². The third-order valence-electron chi connectivity index (χ3n) is 2.71.